The van der Waals surface area contributed by atoms with Crippen LogP contribution < -0.4 is 11.0 Å². The van der Waals surface area contributed by atoms with Crippen LogP contribution in [0.4, 0.5) is 5.82 Å². The molecule has 0 fully saturated rings. The fourth-order valence-electron chi connectivity index (χ4n) is 1.86. The van der Waals surface area contributed by atoms with Gasteiger partial charge in [0.1, 0.15) is 5.82 Å². The minimum atomic E-state index is -0.243. The molecule has 0 saturated heterocycles. The minimum absolute atomic E-state index is 0.243. The van der Waals surface area contributed by atoms with Crippen LogP contribution in [0, 0.1) is 0 Å². The quantitative estimate of drug-likeness (QED) is 0.798. The molecule has 4 nitrogen and oxygen atoms in total. The van der Waals surface area contributed by atoms with E-state index in [2.05, 4.69) is 15.3 Å². The van der Waals surface area contributed by atoms with Crippen LogP contribution in [0.5, 0.6) is 0 Å². The lowest BCUT2D eigenvalue weighted by Crippen LogP contribution is -2.18. The highest BCUT2D eigenvalue weighted by Gasteiger charge is 2.14. The first kappa shape index (κ1) is 10.5. The third kappa shape index (κ3) is 2.34. The van der Waals surface area contributed by atoms with Crippen molar-refractivity contribution in [1.29, 1.82) is 0 Å². The van der Waals surface area contributed by atoms with Gasteiger partial charge in [-0.2, -0.15) is 16.7 Å². The number of hydrogen-bond donors (Lipinski definition) is 2. The molecule has 0 unspecified atom stereocenters. The standard InChI is InChI=1S/C10H15N3OS/c1-15-6-8-7-4-2-3-5-11-9(7)13-10(14)12-8/h2-6H2,1H3,(H2,11,12,13,14). The van der Waals surface area contributed by atoms with Gasteiger partial charge in [-0.05, 0) is 25.5 Å². The van der Waals surface area contributed by atoms with Crippen molar-refractivity contribution < 1.29 is 0 Å². The molecule has 0 radical (unpaired) electrons. The third-order valence-electron chi connectivity index (χ3n) is 2.56. The van der Waals surface area contributed by atoms with Gasteiger partial charge in [-0.3, -0.25) is 0 Å². The van der Waals surface area contributed by atoms with Crippen LogP contribution in [0.3, 0.4) is 0 Å². The molecule has 0 bridgehead atoms. The highest BCUT2D eigenvalue weighted by atomic mass is 32.2. The molecule has 0 aromatic carbocycles. The average molecular weight is 225 g/mol. The molecule has 0 saturated carbocycles. The summed E-state index contributed by atoms with van der Waals surface area (Å²) in [6.45, 7) is 0.919. The van der Waals surface area contributed by atoms with E-state index in [1.165, 1.54) is 5.56 Å². The van der Waals surface area contributed by atoms with E-state index in [-0.39, 0.29) is 5.69 Å². The SMILES string of the molecule is CSCc1[nH]c(=O)nc2c1CCCCN2. The maximum atomic E-state index is 11.3. The molecule has 5 heteroatoms. The van der Waals surface area contributed by atoms with Crippen molar-refractivity contribution in [2.24, 2.45) is 0 Å². The molecule has 1 aliphatic heterocycles. The first-order valence-corrected chi connectivity index (χ1v) is 6.55. The van der Waals surface area contributed by atoms with Crippen LogP contribution in [0.25, 0.3) is 0 Å². The predicted octanol–water partition coefficient (Wildman–Crippen LogP) is 1.38. The van der Waals surface area contributed by atoms with E-state index in [1.54, 1.807) is 11.8 Å². The lowest BCUT2D eigenvalue weighted by Gasteiger charge is -2.10. The maximum absolute atomic E-state index is 11.3. The Morgan fingerprint density at radius 3 is 3.13 bits per heavy atom. The van der Waals surface area contributed by atoms with Crippen molar-refractivity contribution >= 4 is 17.6 Å². The van der Waals surface area contributed by atoms with Crippen molar-refractivity contribution in [2.45, 2.75) is 25.0 Å². The van der Waals surface area contributed by atoms with E-state index in [1.807, 2.05) is 6.26 Å². The maximum Gasteiger partial charge on any atom is 0.347 e. The number of nitrogens with zero attached hydrogens (tertiary/aromatic N) is 1. The van der Waals surface area contributed by atoms with Crippen LogP contribution in [-0.4, -0.2) is 22.8 Å². The van der Waals surface area contributed by atoms with Gasteiger partial charge in [-0.1, -0.05) is 0 Å². The summed E-state index contributed by atoms with van der Waals surface area (Å²) < 4.78 is 0. The van der Waals surface area contributed by atoms with Crippen LogP contribution in [-0.2, 0) is 12.2 Å². The van der Waals surface area contributed by atoms with Gasteiger partial charge in [-0.25, -0.2) is 4.79 Å². The Morgan fingerprint density at radius 2 is 2.33 bits per heavy atom. The molecule has 82 valence electrons. The number of aromatic amines is 1. The number of nitrogens with one attached hydrogen (secondary N) is 2. The Bertz CT molecular complexity index is 402. The van der Waals surface area contributed by atoms with Crippen LogP contribution in [0.15, 0.2) is 4.79 Å². The fourth-order valence-corrected chi connectivity index (χ4v) is 2.40. The van der Waals surface area contributed by atoms with Gasteiger partial charge in [0.15, 0.2) is 0 Å². The summed E-state index contributed by atoms with van der Waals surface area (Å²) in [6, 6.07) is 0. The zero-order chi connectivity index (χ0) is 10.7. The summed E-state index contributed by atoms with van der Waals surface area (Å²) in [5.41, 5.74) is 1.99. The summed E-state index contributed by atoms with van der Waals surface area (Å²) in [5, 5.41) is 3.22. The van der Waals surface area contributed by atoms with E-state index < -0.39 is 0 Å². The van der Waals surface area contributed by atoms with E-state index in [0.717, 1.165) is 43.1 Å². The van der Waals surface area contributed by atoms with Crippen LogP contribution >= 0.6 is 11.8 Å². The average Bonchev–Trinajstić information content (AvgIpc) is 2.43. The molecule has 2 rings (SSSR count). The number of rotatable bonds is 2. The number of hydrogen-bond acceptors (Lipinski definition) is 4. The second-order valence-electron chi connectivity index (χ2n) is 3.66. The van der Waals surface area contributed by atoms with Gasteiger partial charge < -0.3 is 10.3 Å². The Hall–Kier alpha value is -0.970. The number of thioether (sulfide) groups is 1. The third-order valence-corrected chi connectivity index (χ3v) is 3.13. The molecule has 1 aromatic heterocycles. The lowest BCUT2D eigenvalue weighted by molar-refractivity contribution is 0.779. The molecule has 1 aromatic rings. The largest absolute Gasteiger partial charge is 0.370 e. The summed E-state index contributed by atoms with van der Waals surface area (Å²) in [6.07, 6.45) is 5.36. The number of aromatic nitrogens is 2. The molecule has 15 heavy (non-hydrogen) atoms. The second-order valence-corrected chi connectivity index (χ2v) is 4.53. The lowest BCUT2D eigenvalue weighted by atomic mass is 10.1. The second kappa shape index (κ2) is 4.70. The van der Waals surface area contributed by atoms with Gasteiger partial charge >= 0.3 is 5.69 Å². The van der Waals surface area contributed by atoms with Gasteiger partial charge in [0.2, 0.25) is 0 Å². The summed E-state index contributed by atoms with van der Waals surface area (Å²) >= 11 is 1.72. The molecular formula is C10H15N3OS. The molecule has 0 aliphatic carbocycles. The molecule has 0 amide bonds. The van der Waals surface area contributed by atoms with E-state index in [4.69, 9.17) is 0 Å². The van der Waals surface area contributed by atoms with Gasteiger partial charge in [0.05, 0.1) is 0 Å². The zero-order valence-corrected chi connectivity index (χ0v) is 9.62. The zero-order valence-electron chi connectivity index (χ0n) is 8.80. The van der Waals surface area contributed by atoms with Crippen molar-refractivity contribution in [3.05, 3.63) is 21.7 Å². The molecule has 1 aliphatic rings. The number of anilines is 1. The van der Waals surface area contributed by atoms with E-state index in [0.29, 0.717) is 0 Å². The monoisotopic (exact) mass is 225 g/mol. The Morgan fingerprint density at radius 1 is 1.47 bits per heavy atom. The Balaban J connectivity index is 2.45. The summed E-state index contributed by atoms with van der Waals surface area (Å²) in [5.74, 6) is 1.64. The summed E-state index contributed by atoms with van der Waals surface area (Å²) in [7, 11) is 0. The minimum Gasteiger partial charge on any atom is -0.370 e. The highest BCUT2D eigenvalue weighted by molar-refractivity contribution is 7.97. The first-order chi connectivity index (χ1) is 7.31. The summed E-state index contributed by atoms with van der Waals surface area (Å²) in [4.78, 5) is 18.2. The first-order valence-electron chi connectivity index (χ1n) is 5.16. The molecule has 2 N–H and O–H groups in total. The van der Waals surface area contributed by atoms with Crippen molar-refractivity contribution in [3.8, 4) is 0 Å². The van der Waals surface area contributed by atoms with Crippen molar-refractivity contribution in [2.75, 3.05) is 18.1 Å². The van der Waals surface area contributed by atoms with E-state index >= 15 is 0 Å². The fraction of sp³-hybridized carbons (Fsp3) is 0.600. The molecule has 2 heterocycles. The number of fused-ring (bicyclic) bond motifs is 1. The van der Waals surface area contributed by atoms with Crippen molar-refractivity contribution in [1.82, 2.24) is 9.97 Å². The Labute approximate surface area is 92.9 Å². The van der Waals surface area contributed by atoms with Crippen LogP contribution in [0.2, 0.25) is 0 Å². The smallest absolute Gasteiger partial charge is 0.347 e. The van der Waals surface area contributed by atoms with Gasteiger partial charge in [0.25, 0.3) is 0 Å². The van der Waals surface area contributed by atoms with Gasteiger partial charge in [-0.15, -0.1) is 0 Å². The highest BCUT2D eigenvalue weighted by Crippen LogP contribution is 2.22. The molecular weight excluding hydrogens is 210 g/mol. The normalized spacial score (nSPS) is 15.3. The predicted molar refractivity (Wildman–Crippen MR) is 63.5 cm³/mol. The van der Waals surface area contributed by atoms with E-state index in [9.17, 15) is 4.79 Å². The topological polar surface area (TPSA) is 57.8 Å². The molecule has 0 spiro atoms. The van der Waals surface area contributed by atoms with Crippen molar-refractivity contribution in [3.63, 3.8) is 0 Å². The number of H-pyrrole nitrogens is 1. The Kier molecular flexibility index (Phi) is 3.30. The molecule has 0 atom stereocenters. The van der Waals surface area contributed by atoms with Gasteiger partial charge in [0, 0.05) is 23.6 Å². The van der Waals surface area contributed by atoms with Crippen LogP contribution in [0.1, 0.15) is 24.1 Å².